The number of phenols is 1. The molecule has 0 spiro atoms. The Morgan fingerprint density at radius 2 is 2.12 bits per heavy atom. The number of carbonyl (C=O) groups is 1. The maximum Gasteiger partial charge on any atom is 0.249 e. The third-order valence-electron chi connectivity index (χ3n) is 3.70. The fraction of sp³-hybridized carbons (Fsp3) is 0.333. The van der Waals surface area contributed by atoms with Crippen LogP contribution >= 0.6 is 11.6 Å². The van der Waals surface area contributed by atoms with Gasteiger partial charge in [0.1, 0.15) is 11.8 Å². The molecular weight excluding hydrogens is 354 g/mol. The number of aromatic hydroxyl groups is 1. The molecule has 7 nitrogen and oxygen atoms in total. The number of phenolic OH excluding ortho intramolecular Hbond substituents is 1. The number of anilines is 1. The number of carbonyl (C=O) groups excluding carboxylic acids is 1. The number of hydrogen-bond donors (Lipinski definition) is 2. The third-order valence-corrected chi connectivity index (χ3v) is 5.80. The minimum atomic E-state index is -3.45. The van der Waals surface area contributed by atoms with Crippen molar-refractivity contribution in [3.63, 3.8) is 0 Å². The molecule has 9 heteroatoms. The van der Waals surface area contributed by atoms with Crippen molar-refractivity contribution in [2.24, 2.45) is 0 Å². The third kappa shape index (κ3) is 3.54. The van der Waals surface area contributed by atoms with Crippen LogP contribution in [0.4, 0.5) is 5.69 Å². The van der Waals surface area contributed by atoms with Gasteiger partial charge in [-0.05, 0) is 32.0 Å². The van der Waals surface area contributed by atoms with Gasteiger partial charge in [-0.1, -0.05) is 18.5 Å². The monoisotopic (exact) mass is 371 g/mol. The Labute approximate surface area is 145 Å². The van der Waals surface area contributed by atoms with E-state index in [-0.39, 0.29) is 22.1 Å². The molecule has 1 aromatic carbocycles. The number of benzene rings is 1. The number of amides is 1. The van der Waals surface area contributed by atoms with E-state index in [9.17, 15) is 18.3 Å². The summed E-state index contributed by atoms with van der Waals surface area (Å²) in [6, 6.07) is 3.08. The van der Waals surface area contributed by atoms with Gasteiger partial charge in [0.05, 0.1) is 33.2 Å². The molecule has 24 heavy (non-hydrogen) atoms. The van der Waals surface area contributed by atoms with E-state index < -0.39 is 21.8 Å². The van der Waals surface area contributed by atoms with Crippen LogP contribution in [0.1, 0.15) is 25.6 Å². The second-order valence-corrected chi connectivity index (χ2v) is 7.96. The zero-order valence-corrected chi connectivity index (χ0v) is 15.0. The molecule has 2 rings (SSSR count). The van der Waals surface area contributed by atoms with E-state index in [0.717, 1.165) is 0 Å². The summed E-state index contributed by atoms with van der Waals surface area (Å²) < 4.78 is 25.3. The summed E-state index contributed by atoms with van der Waals surface area (Å²) >= 11 is 5.93. The maximum absolute atomic E-state index is 12.4. The van der Waals surface area contributed by atoms with E-state index in [1.807, 2.05) is 0 Å². The van der Waals surface area contributed by atoms with Crippen LogP contribution in [-0.4, -0.2) is 35.0 Å². The topological polar surface area (TPSA) is 101 Å². The molecule has 0 bridgehead atoms. The molecule has 1 heterocycles. The van der Waals surface area contributed by atoms with Gasteiger partial charge >= 0.3 is 0 Å². The zero-order valence-electron chi connectivity index (χ0n) is 13.4. The van der Waals surface area contributed by atoms with Gasteiger partial charge in [0.25, 0.3) is 0 Å². The quantitative estimate of drug-likeness (QED) is 0.786. The van der Waals surface area contributed by atoms with E-state index >= 15 is 0 Å². The first kappa shape index (κ1) is 18.3. The van der Waals surface area contributed by atoms with Crippen LogP contribution in [0.15, 0.2) is 29.3 Å². The molecule has 0 aliphatic heterocycles. The molecule has 0 saturated carbocycles. The fourth-order valence-electron chi connectivity index (χ4n) is 2.12. The predicted octanol–water partition coefficient (Wildman–Crippen LogP) is 2.54. The minimum Gasteiger partial charge on any atom is -0.506 e. The summed E-state index contributed by atoms with van der Waals surface area (Å²) in [6.07, 6.45) is 1.44. The molecule has 130 valence electrons. The summed E-state index contributed by atoms with van der Waals surface area (Å²) in [5.41, 5.74) is 0.656. The number of nitrogens with one attached hydrogen (secondary N) is 1. The van der Waals surface area contributed by atoms with E-state index in [4.69, 9.17) is 11.6 Å². The second-order valence-electron chi connectivity index (χ2n) is 5.27. The molecule has 2 N–H and O–H groups in total. The van der Waals surface area contributed by atoms with Gasteiger partial charge in [-0.3, -0.25) is 9.48 Å². The Bertz CT molecular complexity index is 877. The van der Waals surface area contributed by atoms with Crippen LogP contribution in [-0.2, 0) is 14.6 Å². The van der Waals surface area contributed by atoms with Crippen molar-refractivity contribution in [3.05, 3.63) is 35.1 Å². The number of halogens is 1. The van der Waals surface area contributed by atoms with Crippen LogP contribution in [0.2, 0.25) is 5.02 Å². The number of hydrogen-bond acceptors (Lipinski definition) is 5. The highest BCUT2D eigenvalue weighted by Crippen LogP contribution is 2.28. The average Bonchev–Trinajstić information content (AvgIpc) is 2.88. The Kier molecular flexibility index (Phi) is 5.19. The van der Waals surface area contributed by atoms with Gasteiger partial charge in [0, 0.05) is 0 Å². The number of sulfone groups is 1. The molecule has 0 saturated heterocycles. The predicted molar refractivity (Wildman–Crippen MR) is 91.1 cm³/mol. The largest absolute Gasteiger partial charge is 0.506 e. The van der Waals surface area contributed by atoms with Crippen molar-refractivity contribution in [2.45, 2.75) is 31.7 Å². The SMILES string of the molecule is CCS(=O)(=O)c1ccc(O)c(NC(=O)C(C)n2ncc(Cl)c2C)c1. The van der Waals surface area contributed by atoms with Crippen LogP contribution in [0.5, 0.6) is 5.75 Å². The van der Waals surface area contributed by atoms with Gasteiger partial charge in [-0.15, -0.1) is 0 Å². The average molecular weight is 372 g/mol. The first-order valence-electron chi connectivity index (χ1n) is 7.23. The fourth-order valence-corrected chi connectivity index (χ4v) is 3.15. The standard InChI is InChI=1S/C15H18ClN3O4S/c1-4-24(22,23)11-5-6-14(20)13(7-11)18-15(21)10(3)19-9(2)12(16)8-17-19/h5-8,10,20H,4H2,1-3H3,(H,18,21). The Balaban J connectivity index is 2.29. The smallest absolute Gasteiger partial charge is 0.249 e. The lowest BCUT2D eigenvalue weighted by Gasteiger charge is -2.15. The molecule has 1 amide bonds. The first-order chi connectivity index (χ1) is 11.2. The van der Waals surface area contributed by atoms with Crippen molar-refractivity contribution < 1.29 is 18.3 Å². The molecule has 0 aliphatic carbocycles. The van der Waals surface area contributed by atoms with Gasteiger partial charge in [-0.25, -0.2) is 8.42 Å². The normalized spacial score (nSPS) is 12.8. The highest BCUT2D eigenvalue weighted by molar-refractivity contribution is 7.91. The Hall–Kier alpha value is -2.06. The van der Waals surface area contributed by atoms with Crippen LogP contribution in [0, 0.1) is 6.92 Å². The lowest BCUT2D eigenvalue weighted by Crippen LogP contribution is -2.25. The lowest BCUT2D eigenvalue weighted by molar-refractivity contribution is -0.119. The minimum absolute atomic E-state index is 0.0253. The molecular formula is C15H18ClN3O4S. The van der Waals surface area contributed by atoms with Crippen molar-refractivity contribution in [1.82, 2.24) is 9.78 Å². The van der Waals surface area contributed by atoms with Crippen molar-refractivity contribution in [3.8, 4) is 5.75 Å². The highest BCUT2D eigenvalue weighted by Gasteiger charge is 2.21. The molecule has 1 unspecified atom stereocenters. The van der Waals surface area contributed by atoms with E-state index in [0.29, 0.717) is 10.7 Å². The number of rotatable bonds is 5. The van der Waals surface area contributed by atoms with Crippen LogP contribution < -0.4 is 5.32 Å². The number of aromatic nitrogens is 2. The van der Waals surface area contributed by atoms with E-state index in [2.05, 4.69) is 10.4 Å². The van der Waals surface area contributed by atoms with E-state index in [1.54, 1.807) is 13.8 Å². The zero-order chi connectivity index (χ0) is 18.1. The van der Waals surface area contributed by atoms with Gasteiger partial charge < -0.3 is 10.4 Å². The van der Waals surface area contributed by atoms with Crippen LogP contribution in [0.25, 0.3) is 0 Å². The first-order valence-corrected chi connectivity index (χ1v) is 9.26. The summed E-state index contributed by atoms with van der Waals surface area (Å²) in [5, 5.41) is 16.9. The van der Waals surface area contributed by atoms with Crippen LogP contribution in [0.3, 0.4) is 0 Å². The van der Waals surface area contributed by atoms with Crippen molar-refractivity contribution >= 4 is 33.0 Å². The maximum atomic E-state index is 12.4. The van der Waals surface area contributed by atoms with Gasteiger partial charge in [0.2, 0.25) is 5.91 Å². The van der Waals surface area contributed by atoms with E-state index in [1.165, 1.54) is 36.0 Å². The van der Waals surface area contributed by atoms with Crippen molar-refractivity contribution in [1.29, 1.82) is 0 Å². The molecule has 0 radical (unpaired) electrons. The summed E-state index contributed by atoms with van der Waals surface area (Å²) in [4.78, 5) is 12.4. The summed E-state index contributed by atoms with van der Waals surface area (Å²) in [5.74, 6) is -0.757. The Morgan fingerprint density at radius 3 is 2.67 bits per heavy atom. The second kappa shape index (κ2) is 6.82. The number of nitrogens with zero attached hydrogens (tertiary/aromatic N) is 2. The summed E-state index contributed by atoms with van der Waals surface area (Å²) in [6.45, 7) is 4.87. The molecule has 2 aromatic rings. The molecule has 0 fully saturated rings. The molecule has 1 aromatic heterocycles. The van der Waals surface area contributed by atoms with Crippen molar-refractivity contribution in [2.75, 3.05) is 11.1 Å². The molecule has 0 aliphatic rings. The highest BCUT2D eigenvalue weighted by atomic mass is 35.5. The van der Waals surface area contributed by atoms with Gasteiger partial charge in [0.15, 0.2) is 9.84 Å². The molecule has 1 atom stereocenters. The van der Waals surface area contributed by atoms with Gasteiger partial charge in [-0.2, -0.15) is 5.10 Å². The lowest BCUT2D eigenvalue weighted by atomic mass is 10.2. The Morgan fingerprint density at radius 1 is 1.46 bits per heavy atom. The summed E-state index contributed by atoms with van der Waals surface area (Å²) in [7, 11) is -3.45.